The minimum atomic E-state index is -0.257. The molecule has 0 aromatic heterocycles. The minimum absolute atomic E-state index is 0.0213. The summed E-state index contributed by atoms with van der Waals surface area (Å²) < 4.78 is 22.2. The van der Waals surface area contributed by atoms with Crippen molar-refractivity contribution in [3.05, 3.63) is 72.8 Å². The van der Waals surface area contributed by atoms with E-state index in [9.17, 15) is 9.59 Å². The molecule has 0 N–H and O–H groups in total. The van der Waals surface area contributed by atoms with E-state index in [1.807, 2.05) is 24.3 Å². The van der Waals surface area contributed by atoms with Crippen molar-refractivity contribution in [1.82, 2.24) is 0 Å². The van der Waals surface area contributed by atoms with Crippen LogP contribution in [0.25, 0.3) is 11.1 Å². The molecule has 36 heavy (non-hydrogen) atoms. The van der Waals surface area contributed by atoms with E-state index in [-0.39, 0.29) is 24.1 Å². The van der Waals surface area contributed by atoms with Crippen LogP contribution in [0.3, 0.4) is 0 Å². The number of hydrogen-bond donors (Lipinski definition) is 0. The van der Waals surface area contributed by atoms with Crippen LogP contribution in [0.2, 0.25) is 0 Å². The van der Waals surface area contributed by atoms with Crippen LogP contribution in [0.4, 0.5) is 0 Å². The molecule has 6 nitrogen and oxygen atoms in total. The molecule has 2 heterocycles. The molecule has 2 aromatic rings. The van der Waals surface area contributed by atoms with Crippen LogP contribution < -0.4 is 9.47 Å². The van der Waals surface area contributed by atoms with Crippen LogP contribution in [0.5, 0.6) is 11.5 Å². The molecule has 2 aromatic carbocycles. The van der Waals surface area contributed by atoms with Crippen LogP contribution in [-0.4, -0.2) is 37.4 Å². The molecule has 0 bridgehead atoms. The highest BCUT2D eigenvalue weighted by Crippen LogP contribution is 2.26. The lowest BCUT2D eigenvalue weighted by atomic mass is 10.1. The first-order valence-electron chi connectivity index (χ1n) is 12.7. The molecule has 0 amide bonds. The van der Waals surface area contributed by atoms with Gasteiger partial charge >= 0.3 is 11.9 Å². The summed E-state index contributed by atoms with van der Waals surface area (Å²) in [4.78, 5) is 22.7. The molecule has 6 heteroatoms. The Morgan fingerprint density at radius 2 is 1.03 bits per heavy atom. The molecule has 4 rings (SSSR count). The van der Waals surface area contributed by atoms with Gasteiger partial charge in [0.2, 0.25) is 0 Å². The Labute approximate surface area is 212 Å². The van der Waals surface area contributed by atoms with Crippen LogP contribution in [0.15, 0.2) is 72.8 Å². The molecule has 0 radical (unpaired) electrons. The summed E-state index contributed by atoms with van der Waals surface area (Å²) in [5, 5.41) is 0. The summed E-state index contributed by atoms with van der Waals surface area (Å²) in [7, 11) is 0. The molecule has 2 aliphatic rings. The van der Waals surface area contributed by atoms with E-state index in [0.29, 0.717) is 37.2 Å². The second-order valence-corrected chi connectivity index (χ2v) is 9.41. The average molecular weight is 491 g/mol. The van der Waals surface area contributed by atoms with Crippen LogP contribution >= 0.6 is 0 Å². The zero-order valence-electron chi connectivity index (χ0n) is 20.7. The summed E-state index contributed by atoms with van der Waals surface area (Å²) in [6.45, 7) is 8.70. The predicted octanol–water partition coefficient (Wildman–Crippen LogP) is 6.20. The van der Waals surface area contributed by atoms with Crippen molar-refractivity contribution in [3.63, 3.8) is 0 Å². The van der Waals surface area contributed by atoms with Gasteiger partial charge in [-0.05, 0) is 73.9 Å². The molecule has 2 saturated heterocycles. The maximum atomic E-state index is 11.4. The van der Waals surface area contributed by atoms with Crippen molar-refractivity contribution < 1.29 is 28.5 Å². The zero-order valence-corrected chi connectivity index (χ0v) is 20.7. The third-order valence-electron chi connectivity index (χ3n) is 6.49. The Balaban J connectivity index is 1.11. The fraction of sp³-hybridized carbons (Fsp3) is 0.400. The lowest BCUT2D eigenvalue weighted by molar-refractivity contribution is -0.140. The van der Waals surface area contributed by atoms with Gasteiger partial charge in [-0.25, -0.2) is 9.59 Å². The molecule has 2 atom stereocenters. The number of ether oxygens (including phenoxy) is 4. The monoisotopic (exact) mass is 490 g/mol. The smallest absolute Gasteiger partial charge is 0.333 e. The molecule has 2 unspecified atom stereocenters. The number of rotatable bonds is 13. The summed E-state index contributed by atoms with van der Waals surface area (Å²) in [5.41, 5.74) is 3.38. The third-order valence-corrected chi connectivity index (χ3v) is 6.49. The standard InChI is InChI=1S/C30H34O6/c1-21-19-27(35-29(21)31)7-3-5-17-33-25-13-9-23(10-14-25)24-11-15-26(16-12-24)34-18-6-4-8-28-20-22(2)30(32)36-28/h9-16,27-28H,1-8,17-20H2. The van der Waals surface area contributed by atoms with Crippen molar-refractivity contribution in [1.29, 1.82) is 0 Å². The highest BCUT2D eigenvalue weighted by molar-refractivity contribution is 5.90. The minimum Gasteiger partial charge on any atom is -0.494 e. The topological polar surface area (TPSA) is 71.1 Å². The maximum Gasteiger partial charge on any atom is 0.333 e. The SMILES string of the molecule is C=C1CC(CCCCOc2ccc(-c3ccc(OCCCCC4CC(=C)C(=O)O4)cc3)cc2)OC1=O. The fourth-order valence-corrected chi connectivity index (χ4v) is 4.41. The molecule has 2 fully saturated rings. The zero-order chi connectivity index (χ0) is 25.3. The van der Waals surface area contributed by atoms with Crippen molar-refractivity contribution in [2.75, 3.05) is 13.2 Å². The molecule has 0 aliphatic carbocycles. The van der Waals surface area contributed by atoms with Gasteiger partial charge in [-0.1, -0.05) is 37.4 Å². The molecule has 0 spiro atoms. The van der Waals surface area contributed by atoms with Gasteiger partial charge in [-0.2, -0.15) is 0 Å². The quantitative estimate of drug-likeness (QED) is 0.189. The first-order chi connectivity index (χ1) is 17.5. The highest BCUT2D eigenvalue weighted by Gasteiger charge is 2.27. The summed E-state index contributed by atoms with van der Waals surface area (Å²) in [5.74, 6) is 1.17. The van der Waals surface area contributed by atoms with Crippen LogP contribution in [-0.2, 0) is 19.1 Å². The van der Waals surface area contributed by atoms with Gasteiger partial charge in [0, 0.05) is 24.0 Å². The largest absolute Gasteiger partial charge is 0.494 e. The van der Waals surface area contributed by atoms with E-state index >= 15 is 0 Å². The number of hydrogen-bond acceptors (Lipinski definition) is 6. The lowest BCUT2D eigenvalue weighted by Crippen LogP contribution is -2.07. The Morgan fingerprint density at radius 3 is 1.36 bits per heavy atom. The van der Waals surface area contributed by atoms with Gasteiger partial charge in [-0.15, -0.1) is 0 Å². The van der Waals surface area contributed by atoms with Gasteiger partial charge in [0.1, 0.15) is 23.7 Å². The Bertz CT molecular complexity index is 950. The van der Waals surface area contributed by atoms with E-state index in [1.54, 1.807) is 0 Å². The fourth-order valence-electron chi connectivity index (χ4n) is 4.41. The van der Waals surface area contributed by atoms with E-state index in [2.05, 4.69) is 37.4 Å². The number of cyclic esters (lactones) is 2. The van der Waals surface area contributed by atoms with Gasteiger partial charge in [0.15, 0.2) is 0 Å². The maximum absolute atomic E-state index is 11.4. The van der Waals surface area contributed by atoms with Crippen molar-refractivity contribution in [2.24, 2.45) is 0 Å². The normalized spacial score (nSPS) is 19.3. The van der Waals surface area contributed by atoms with Crippen molar-refractivity contribution in [2.45, 2.75) is 63.6 Å². The number of esters is 2. The third kappa shape index (κ3) is 7.23. The Morgan fingerprint density at radius 1 is 0.639 bits per heavy atom. The van der Waals surface area contributed by atoms with E-state index in [4.69, 9.17) is 18.9 Å². The van der Waals surface area contributed by atoms with Crippen molar-refractivity contribution in [3.8, 4) is 22.6 Å². The van der Waals surface area contributed by atoms with Crippen LogP contribution in [0.1, 0.15) is 51.4 Å². The summed E-state index contributed by atoms with van der Waals surface area (Å²) in [6, 6.07) is 16.2. The molecule has 190 valence electrons. The second kappa shape index (κ2) is 12.4. The molecular formula is C30H34O6. The van der Waals surface area contributed by atoms with E-state index in [0.717, 1.165) is 61.2 Å². The van der Waals surface area contributed by atoms with Gasteiger partial charge in [0.05, 0.1) is 13.2 Å². The highest BCUT2D eigenvalue weighted by atomic mass is 16.6. The van der Waals surface area contributed by atoms with Gasteiger partial charge < -0.3 is 18.9 Å². The van der Waals surface area contributed by atoms with Gasteiger partial charge in [-0.3, -0.25) is 0 Å². The number of benzene rings is 2. The number of unbranched alkanes of at least 4 members (excludes halogenated alkanes) is 2. The Hall–Kier alpha value is -3.54. The van der Waals surface area contributed by atoms with Gasteiger partial charge in [0.25, 0.3) is 0 Å². The lowest BCUT2D eigenvalue weighted by Gasteiger charge is -2.11. The predicted molar refractivity (Wildman–Crippen MR) is 138 cm³/mol. The number of carbonyl (C=O) groups is 2. The number of carbonyl (C=O) groups excluding carboxylic acids is 2. The Kier molecular flexibility index (Phi) is 8.82. The van der Waals surface area contributed by atoms with E-state index < -0.39 is 0 Å². The molecule has 2 aliphatic heterocycles. The molecule has 0 saturated carbocycles. The van der Waals surface area contributed by atoms with Crippen molar-refractivity contribution >= 4 is 11.9 Å². The first-order valence-corrected chi connectivity index (χ1v) is 12.7. The average Bonchev–Trinajstić information content (AvgIpc) is 3.38. The second-order valence-electron chi connectivity index (χ2n) is 9.41. The van der Waals surface area contributed by atoms with Crippen LogP contribution in [0, 0.1) is 0 Å². The first kappa shape index (κ1) is 25.5. The molecular weight excluding hydrogens is 456 g/mol. The summed E-state index contributed by atoms with van der Waals surface area (Å²) in [6.07, 6.45) is 6.66. The summed E-state index contributed by atoms with van der Waals surface area (Å²) >= 11 is 0. The van der Waals surface area contributed by atoms with E-state index in [1.165, 1.54) is 0 Å².